The molecule has 4 aliphatic heterocycles. The number of likely N-dealkylation sites (N-methyl/N-ethyl adjacent to an activating group) is 1. The minimum atomic E-state index is -0.514. The van der Waals surface area contributed by atoms with Gasteiger partial charge in [0.1, 0.15) is 0 Å². The number of benzene rings is 2. The Morgan fingerprint density at radius 1 is 0.840 bits per heavy atom. The number of hydrogen-bond acceptors (Lipinski definition) is 10. The second-order valence-electron chi connectivity index (χ2n) is 16.4. The Labute approximate surface area is 291 Å². The molecule has 9 atom stereocenters. The number of unbranched alkanes of at least 4 members (excludes halogenated alkanes) is 1. The Hall–Kier alpha value is -3.76. The summed E-state index contributed by atoms with van der Waals surface area (Å²) in [5.74, 6) is 2.10. The number of Topliss-reactive ketones (excluding diaryl/α,β-unsaturated/α-hetero) is 2. The fourth-order valence-electron chi connectivity index (χ4n) is 12.2. The monoisotopic (exact) mass is 680 g/mol. The molecule has 4 unspecified atom stereocenters. The van der Waals surface area contributed by atoms with Crippen molar-refractivity contribution in [2.75, 3.05) is 20.6 Å². The normalized spacial score (nSPS) is 36.7. The van der Waals surface area contributed by atoms with E-state index in [2.05, 4.69) is 43.0 Å². The summed E-state index contributed by atoms with van der Waals surface area (Å²) in [5, 5.41) is 0. The molecule has 2 saturated heterocycles. The first kappa shape index (κ1) is 31.0. The van der Waals surface area contributed by atoms with Crippen molar-refractivity contribution in [3.8, 4) is 23.0 Å². The molecule has 10 heteroatoms. The van der Waals surface area contributed by atoms with Gasteiger partial charge >= 0.3 is 11.9 Å². The molecule has 0 amide bonds. The number of likely N-dealkylation sites (tertiary alicyclic amines) is 2. The van der Waals surface area contributed by atoms with Crippen molar-refractivity contribution in [2.24, 2.45) is 11.8 Å². The highest BCUT2D eigenvalue weighted by molar-refractivity contribution is 5.90. The van der Waals surface area contributed by atoms with Gasteiger partial charge in [-0.3, -0.25) is 24.1 Å². The largest absolute Gasteiger partial charge is 0.477 e. The number of ketones is 2. The molecular formula is C40H44N2O8. The second kappa shape index (κ2) is 10.6. The topological polar surface area (TPSA) is 112 Å². The van der Waals surface area contributed by atoms with Crippen molar-refractivity contribution in [3.63, 3.8) is 0 Å². The maximum absolute atomic E-state index is 13.2. The number of rotatable bonds is 7. The maximum atomic E-state index is 13.2. The molecular weight excluding hydrogens is 636 g/mol. The van der Waals surface area contributed by atoms with Gasteiger partial charge in [0, 0.05) is 65.8 Å². The van der Waals surface area contributed by atoms with E-state index in [4.69, 9.17) is 18.9 Å². The Bertz CT molecular complexity index is 1890. The molecule has 2 spiro atoms. The molecule has 4 heterocycles. The number of nitrogens with zero attached hydrogens (tertiary/aromatic N) is 2. The van der Waals surface area contributed by atoms with Crippen LogP contribution in [0.25, 0.3) is 0 Å². The molecule has 2 aromatic rings. The van der Waals surface area contributed by atoms with Gasteiger partial charge in [-0.05, 0) is 108 Å². The van der Waals surface area contributed by atoms with Crippen LogP contribution >= 0.6 is 0 Å². The number of carbonyl (C=O) groups excluding carboxylic acids is 4. The van der Waals surface area contributed by atoms with Gasteiger partial charge in [-0.1, -0.05) is 12.1 Å². The number of piperidine rings is 2. The van der Waals surface area contributed by atoms with Gasteiger partial charge in [-0.2, -0.15) is 0 Å². The van der Waals surface area contributed by atoms with Crippen LogP contribution in [0, 0.1) is 11.8 Å². The zero-order valence-electron chi connectivity index (χ0n) is 29.0. The van der Waals surface area contributed by atoms with Crippen LogP contribution in [0.3, 0.4) is 0 Å². The zero-order valence-corrected chi connectivity index (χ0v) is 29.0. The first-order valence-corrected chi connectivity index (χ1v) is 18.7. The quantitative estimate of drug-likeness (QED) is 0.231. The molecule has 8 aliphatic rings. The van der Waals surface area contributed by atoms with Gasteiger partial charge in [0.05, 0.1) is 0 Å². The number of fused-ring (bicyclic) bond motifs is 2. The van der Waals surface area contributed by atoms with Crippen LogP contribution < -0.4 is 18.9 Å². The van der Waals surface area contributed by atoms with Crippen molar-refractivity contribution in [1.82, 2.24) is 9.80 Å². The summed E-state index contributed by atoms with van der Waals surface area (Å²) in [5.41, 5.74) is 3.90. The van der Waals surface area contributed by atoms with E-state index in [1.165, 1.54) is 11.1 Å². The van der Waals surface area contributed by atoms with E-state index in [0.29, 0.717) is 72.6 Å². The number of hydrogen-bond donors (Lipinski definition) is 0. The smallest absolute Gasteiger partial charge is 0.311 e. The lowest BCUT2D eigenvalue weighted by Gasteiger charge is -2.57. The summed E-state index contributed by atoms with van der Waals surface area (Å²) in [6.45, 7) is 3.17. The first-order chi connectivity index (χ1) is 24.1. The molecule has 2 aromatic carbocycles. The van der Waals surface area contributed by atoms with E-state index >= 15 is 0 Å². The van der Waals surface area contributed by atoms with Crippen molar-refractivity contribution >= 4 is 23.5 Å². The lowest BCUT2D eigenvalue weighted by molar-refractivity contribution is -0.139. The fourth-order valence-corrected chi connectivity index (χ4v) is 12.2. The molecule has 4 fully saturated rings. The van der Waals surface area contributed by atoms with E-state index in [0.717, 1.165) is 49.8 Å². The third-order valence-corrected chi connectivity index (χ3v) is 14.4. The van der Waals surface area contributed by atoms with Gasteiger partial charge < -0.3 is 23.8 Å². The van der Waals surface area contributed by atoms with E-state index in [1.54, 1.807) is 0 Å². The fraction of sp³-hybridized carbons (Fsp3) is 0.600. The van der Waals surface area contributed by atoms with E-state index in [9.17, 15) is 19.2 Å². The molecule has 10 rings (SSSR count). The predicted octanol–water partition coefficient (Wildman–Crippen LogP) is 4.75. The molecule has 50 heavy (non-hydrogen) atoms. The van der Waals surface area contributed by atoms with Crippen LogP contribution in [0.1, 0.15) is 99.4 Å². The third kappa shape index (κ3) is 3.87. The minimum Gasteiger partial charge on any atom is -0.477 e. The maximum Gasteiger partial charge on any atom is 0.311 e. The summed E-state index contributed by atoms with van der Waals surface area (Å²) in [6, 6.07) is 8.68. The number of ether oxygens (including phenoxy) is 4. The summed E-state index contributed by atoms with van der Waals surface area (Å²) < 4.78 is 24.6. The Kier molecular flexibility index (Phi) is 6.60. The summed E-state index contributed by atoms with van der Waals surface area (Å²) in [4.78, 5) is 57.4. The van der Waals surface area contributed by atoms with Gasteiger partial charge in [-0.15, -0.1) is 0 Å². The first-order valence-electron chi connectivity index (χ1n) is 18.7. The Balaban J connectivity index is 0.800. The van der Waals surface area contributed by atoms with Gasteiger partial charge in [0.25, 0.3) is 0 Å². The van der Waals surface area contributed by atoms with Crippen LogP contribution in [0.4, 0.5) is 0 Å². The van der Waals surface area contributed by atoms with Crippen LogP contribution in [-0.2, 0) is 36.4 Å². The van der Waals surface area contributed by atoms with Gasteiger partial charge in [-0.25, -0.2) is 0 Å². The molecule has 4 bridgehead atoms. The number of carbonyl (C=O) groups is 4. The third-order valence-electron chi connectivity index (χ3n) is 14.4. The average Bonchev–Trinajstić information content (AvgIpc) is 3.74. The molecule has 262 valence electrons. The number of esters is 2. The second-order valence-corrected chi connectivity index (χ2v) is 16.4. The highest BCUT2D eigenvalue weighted by atomic mass is 16.6. The van der Waals surface area contributed by atoms with Crippen LogP contribution in [-0.4, -0.2) is 78.2 Å². The Morgan fingerprint density at radius 3 is 2.16 bits per heavy atom. The predicted molar refractivity (Wildman–Crippen MR) is 180 cm³/mol. The van der Waals surface area contributed by atoms with Crippen LogP contribution in [0.5, 0.6) is 23.0 Å². The molecule has 4 aliphatic carbocycles. The summed E-state index contributed by atoms with van der Waals surface area (Å²) in [7, 11) is 4.36. The van der Waals surface area contributed by atoms with Crippen molar-refractivity contribution < 1.29 is 38.1 Å². The molecule has 0 N–H and O–H groups in total. The lowest BCUT2D eigenvalue weighted by Crippen LogP contribution is -2.65. The van der Waals surface area contributed by atoms with E-state index < -0.39 is 24.1 Å². The highest BCUT2D eigenvalue weighted by Crippen LogP contribution is 2.68. The lowest BCUT2D eigenvalue weighted by atomic mass is 9.52. The summed E-state index contributed by atoms with van der Waals surface area (Å²) >= 11 is 0. The molecule has 2 saturated carbocycles. The molecule has 0 aromatic heterocycles. The van der Waals surface area contributed by atoms with Crippen LogP contribution in [0.2, 0.25) is 0 Å². The average molecular weight is 681 g/mol. The Morgan fingerprint density at radius 2 is 1.46 bits per heavy atom. The van der Waals surface area contributed by atoms with Crippen LogP contribution in [0.15, 0.2) is 24.3 Å². The van der Waals surface area contributed by atoms with Crippen molar-refractivity contribution in [1.29, 1.82) is 0 Å². The van der Waals surface area contributed by atoms with Gasteiger partial charge in [0.15, 0.2) is 46.8 Å². The zero-order chi connectivity index (χ0) is 34.3. The highest BCUT2D eigenvalue weighted by Gasteiger charge is 2.69. The standard InChI is InChI=1S/C40H44N2O8/c1-20-23-10-12-28(44)38-40(23)19-26(42(20)3)22-9-15-30(36(50-38)34(22)40)48-32(46)7-5-4-6-31(45)47-29-14-8-21-18-25-24-11-13-27(43)37-39(24,16-17-41(25)2)33(21)35(29)49-37/h8-9,14-15,20,23-26,37-38H,4-7,10-13,16-19H2,1-3H3/t20?,23?,24-,25?,26?,37-,38-,39-,40-/m0/s1. The van der Waals surface area contributed by atoms with E-state index in [-0.39, 0.29) is 41.3 Å². The minimum absolute atomic E-state index is 0.138. The summed E-state index contributed by atoms with van der Waals surface area (Å²) in [6.07, 6.45) is 5.58. The van der Waals surface area contributed by atoms with Crippen molar-refractivity contribution in [3.05, 3.63) is 46.5 Å². The van der Waals surface area contributed by atoms with Crippen molar-refractivity contribution in [2.45, 2.75) is 119 Å². The SMILES string of the molecule is CC1C2CCC(=O)[C@@H]3Oc4c(OC(=O)CCCCC(=O)Oc5ccc6c7c5O[C@H]5C(=O)CC[C@H]8C(C6)N(C)CC[C@]758)ccc5c4[C@]23CC5N1C. The van der Waals surface area contributed by atoms with E-state index in [1.807, 2.05) is 12.1 Å². The molecule has 10 nitrogen and oxygen atoms in total. The molecule has 0 radical (unpaired) electrons. The van der Waals surface area contributed by atoms with Gasteiger partial charge in [0.2, 0.25) is 0 Å².